The van der Waals surface area contributed by atoms with Crippen molar-refractivity contribution in [2.45, 2.75) is 25.3 Å². The maximum Gasteiger partial charge on any atom is 0.253 e. The zero-order valence-electron chi connectivity index (χ0n) is 17.9. The molecule has 2 aliphatic heterocycles. The SMILES string of the molecule is Cn1cnnc1C1CN(Cc2ccccc2)CC12CCN(C(=O)c1ccncc1)CC2. The minimum absolute atomic E-state index is 0.103. The summed E-state index contributed by atoms with van der Waals surface area (Å²) in [5.74, 6) is 1.48. The van der Waals surface area contributed by atoms with Crippen molar-refractivity contribution in [3.63, 3.8) is 0 Å². The standard InChI is InChI=1S/C24H28N6O/c1-28-18-26-27-22(28)21-16-29(15-19-5-3-2-4-6-19)17-24(21)9-13-30(14-10-24)23(31)20-7-11-25-12-8-20/h2-8,11-12,18,21H,9-10,13-17H2,1H3. The van der Waals surface area contributed by atoms with Crippen LogP contribution in [0.15, 0.2) is 61.2 Å². The normalized spacial score (nSPS) is 20.9. The Balaban J connectivity index is 1.35. The van der Waals surface area contributed by atoms with Gasteiger partial charge in [-0.1, -0.05) is 30.3 Å². The third-order valence-corrected chi connectivity index (χ3v) is 7.00. The number of aromatic nitrogens is 4. The Labute approximate surface area is 182 Å². The number of hydrogen-bond acceptors (Lipinski definition) is 5. The largest absolute Gasteiger partial charge is 0.339 e. The van der Waals surface area contributed by atoms with Gasteiger partial charge in [-0.25, -0.2) is 0 Å². The van der Waals surface area contributed by atoms with Crippen LogP contribution in [0.2, 0.25) is 0 Å². The summed E-state index contributed by atoms with van der Waals surface area (Å²) >= 11 is 0. The van der Waals surface area contributed by atoms with Gasteiger partial charge in [0.1, 0.15) is 12.2 Å². The van der Waals surface area contributed by atoms with Crippen molar-refractivity contribution in [3.8, 4) is 0 Å². The number of piperidine rings is 1. The molecule has 1 unspecified atom stereocenters. The molecule has 0 bridgehead atoms. The van der Waals surface area contributed by atoms with Gasteiger partial charge in [0.05, 0.1) is 0 Å². The summed E-state index contributed by atoms with van der Waals surface area (Å²) in [6, 6.07) is 14.2. The lowest BCUT2D eigenvalue weighted by molar-refractivity contribution is 0.0555. The van der Waals surface area contributed by atoms with E-state index in [4.69, 9.17) is 0 Å². The maximum atomic E-state index is 12.9. The minimum atomic E-state index is 0.103. The van der Waals surface area contributed by atoms with Gasteiger partial charge in [0.25, 0.3) is 5.91 Å². The average Bonchev–Trinajstić information content (AvgIpc) is 3.38. The van der Waals surface area contributed by atoms with E-state index in [0.29, 0.717) is 11.5 Å². The van der Waals surface area contributed by atoms with E-state index in [2.05, 4.69) is 55.0 Å². The molecule has 2 aromatic heterocycles. The summed E-state index contributed by atoms with van der Waals surface area (Å²) in [6.45, 7) is 4.48. The van der Waals surface area contributed by atoms with E-state index in [1.807, 2.05) is 11.9 Å². The molecule has 1 atom stereocenters. The number of aryl methyl sites for hydroxylation is 1. The Morgan fingerprint density at radius 2 is 1.84 bits per heavy atom. The molecule has 2 aliphatic rings. The molecule has 2 saturated heterocycles. The topological polar surface area (TPSA) is 67.2 Å². The molecule has 0 saturated carbocycles. The summed E-state index contributed by atoms with van der Waals surface area (Å²) in [5.41, 5.74) is 2.17. The summed E-state index contributed by atoms with van der Waals surface area (Å²) in [7, 11) is 2.03. The Morgan fingerprint density at radius 3 is 2.52 bits per heavy atom. The van der Waals surface area contributed by atoms with E-state index in [1.54, 1.807) is 30.9 Å². The van der Waals surface area contributed by atoms with E-state index in [9.17, 15) is 4.79 Å². The molecule has 3 aromatic rings. The second-order valence-electron chi connectivity index (χ2n) is 8.90. The molecule has 0 radical (unpaired) electrons. The Kier molecular flexibility index (Phi) is 5.28. The number of carbonyl (C=O) groups excluding carboxylic acids is 1. The third-order valence-electron chi connectivity index (χ3n) is 7.00. The van der Waals surface area contributed by atoms with E-state index in [-0.39, 0.29) is 11.3 Å². The van der Waals surface area contributed by atoms with Gasteiger partial charge in [-0.3, -0.25) is 14.7 Å². The zero-order valence-corrected chi connectivity index (χ0v) is 17.9. The molecule has 0 N–H and O–H groups in total. The molecule has 5 rings (SSSR count). The van der Waals surface area contributed by atoms with Gasteiger partial charge >= 0.3 is 0 Å². The van der Waals surface area contributed by atoms with E-state index < -0.39 is 0 Å². The minimum Gasteiger partial charge on any atom is -0.339 e. The van der Waals surface area contributed by atoms with E-state index in [0.717, 1.165) is 51.4 Å². The maximum absolute atomic E-state index is 12.9. The van der Waals surface area contributed by atoms with Crippen molar-refractivity contribution in [2.75, 3.05) is 26.2 Å². The summed E-state index contributed by atoms with van der Waals surface area (Å²) in [4.78, 5) is 21.5. The summed E-state index contributed by atoms with van der Waals surface area (Å²) in [5, 5.41) is 8.65. The number of nitrogens with zero attached hydrogens (tertiary/aromatic N) is 6. The van der Waals surface area contributed by atoms with Gasteiger partial charge in [-0.15, -0.1) is 10.2 Å². The van der Waals surface area contributed by atoms with E-state index >= 15 is 0 Å². The molecular formula is C24H28N6O. The number of pyridine rings is 1. The first-order chi connectivity index (χ1) is 15.1. The Bertz CT molecular complexity index is 1030. The van der Waals surface area contributed by atoms with Gasteiger partial charge in [0.15, 0.2) is 0 Å². The van der Waals surface area contributed by atoms with Crippen LogP contribution < -0.4 is 0 Å². The van der Waals surface area contributed by atoms with Crippen LogP contribution in [0, 0.1) is 5.41 Å². The van der Waals surface area contributed by atoms with Gasteiger partial charge in [0, 0.05) is 63.6 Å². The highest BCUT2D eigenvalue weighted by molar-refractivity contribution is 5.94. The van der Waals surface area contributed by atoms with Gasteiger partial charge in [0.2, 0.25) is 0 Å². The van der Waals surface area contributed by atoms with Crippen LogP contribution in [0.4, 0.5) is 0 Å². The van der Waals surface area contributed by atoms with Crippen LogP contribution >= 0.6 is 0 Å². The molecule has 160 valence electrons. The quantitative estimate of drug-likeness (QED) is 0.654. The van der Waals surface area contributed by atoms with Crippen LogP contribution in [-0.2, 0) is 13.6 Å². The number of hydrogen-bond donors (Lipinski definition) is 0. The smallest absolute Gasteiger partial charge is 0.253 e. The van der Waals surface area contributed by atoms with Crippen molar-refractivity contribution < 1.29 is 4.79 Å². The van der Waals surface area contributed by atoms with Crippen LogP contribution in [0.3, 0.4) is 0 Å². The highest BCUT2D eigenvalue weighted by atomic mass is 16.2. The fourth-order valence-corrected chi connectivity index (χ4v) is 5.34. The van der Waals surface area contributed by atoms with Crippen LogP contribution in [0.25, 0.3) is 0 Å². The number of likely N-dealkylation sites (tertiary alicyclic amines) is 2. The monoisotopic (exact) mass is 416 g/mol. The highest BCUT2D eigenvalue weighted by Crippen LogP contribution is 2.49. The van der Waals surface area contributed by atoms with E-state index in [1.165, 1.54) is 5.56 Å². The predicted molar refractivity (Wildman–Crippen MR) is 117 cm³/mol. The molecule has 4 heterocycles. The van der Waals surface area contributed by atoms with Crippen molar-refractivity contribution in [3.05, 3.63) is 78.1 Å². The van der Waals surface area contributed by atoms with Crippen LogP contribution in [0.1, 0.15) is 40.5 Å². The lowest BCUT2D eigenvalue weighted by atomic mass is 9.70. The molecule has 7 nitrogen and oxygen atoms in total. The molecule has 1 spiro atoms. The number of rotatable bonds is 4. The molecule has 31 heavy (non-hydrogen) atoms. The molecular weight excluding hydrogens is 388 g/mol. The number of amides is 1. The first kappa shape index (κ1) is 19.9. The fourth-order valence-electron chi connectivity index (χ4n) is 5.34. The van der Waals surface area contributed by atoms with Crippen LogP contribution in [-0.4, -0.2) is 61.6 Å². The third kappa shape index (κ3) is 3.85. The van der Waals surface area contributed by atoms with Gasteiger partial charge in [-0.05, 0) is 36.0 Å². The molecule has 1 aromatic carbocycles. The predicted octanol–water partition coefficient (Wildman–Crippen LogP) is 2.73. The molecule has 0 aliphatic carbocycles. The lowest BCUT2D eigenvalue weighted by Crippen LogP contribution is -2.46. The Hall–Kier alpha value is -3.06. The highest BCUT2D eigenvalue weighted by Gasteiger charge is 2.50. The molecule has 2 fully saturated rings. The second-order valence-corrected chi connectivity index (χ2v) is 8.90. The van der Waals surface area contributed by atoms with Gasteiger partial charge < -0.3 is 9.47 Å². The van der Waals surface area contributed by atoms with Crippen molar-refractivity contribution in [1.82, 2.24) is 29.5 Å². The molecule has 1 amide bonds. The summed E-state index contributed by atoms with van der Waals surface area (Å²) < 4.78 is 2.06. The molecule has 7 heteroatoms. The second kappa shape index (κ2) is 8.23. The van der Waals surface area contributed by atoms with Crippen LogP contribution in [0.5, 0.6) is 0 Å². The van der Waals surface area contributed by atoms with Gasteiger partial charge in [-0.2, -0.15) is 0 Å². The fraction of sp³-hybridized carbons (Fsp3) is 0.417. The first-order valence-electron chi connectivity index (χ1n) is 10.9. The average molecular weight is 417 g/mol. The number of carbonyl (C=O) groups is 1. The first-order valence-corrected chi connectivity index (χ1v) is 10.9. The van der Waals surface area contributed by atoms with Crippen molar-refractivity contribution in [2.24, 2.45) is 12.5 Å². The zero-order chi connectivity index (χ0) is 21.3. The van der Waals surface area contributed by atoms with Crippen molar-refractivity contribution in [1.29, 1.82) is 0 Å². The number of benzene rings is 1. The summed E-state index contributed by atoms with van der Waals surface area (Å²) in [6.07, 6.45) is 7.12. The lowest BCUT2D eigenvalue weighted by Gasteiger charge is -2.42. The van der Waals surface area contributed by atoms with Crippen molar-refractivity contribution >= 4 is 5.91 Å². The Morgan fingerprint density at radius 1 is 1.10 bits per heavy atom.